The van der Waals surface area contributed by atoms with Crippen LogP contribution in [-0.2, 0) is 19.6 Å². The molecule has 5 nitrogen and oxygen atoms in total. The van der Waals surface area contributed by atoms with E-state index in [1.807, 2.05) is 85.8 Å². The first-order valence-corrected chi connectivity index (χ1v) is 12.3. The highest BCUT2D eigenvalue weighted by atomic mass is 16.5. The second kappa shape index (κ2) is 12.6. The fraction of sp³-hybridized carbons (Fsp3) is 0.219. The van der Waals surface area contributed by atoms with E-state index < -0.39 is 0 Å². The van der Waals surface area contributed by atoms with E-state index in [4.69, 9.17) is 18.9 Å². The Kier molecular flexibility index (Phi) is 8.82. The first-order chi connectivity index (χ1) is 18.1. The third-order valence-corrected chi connectivity index (χ3v) is 6.22. The van der Waals surface area contributed by atoms with Crippen molar-refractivity contribution >= 4 is 5.78 Å². The summed E-state index contributed by atoms with van der Waals surface area (Å²) in [7, 11) is 3.27. The van der Waals surface area contributed by atoms with Crippen LogP contribution in [0, 0.1) is 6.92 Å². The summed E-state index contributed by atoms with van der Waals surface area (Å²) < 4.78 is 23.2. The molecule has 37 heavy (non-hydrogen) atoms. The van der Waals surface area contributed by atoms with Crippen LogP contribution in [0.4, 0.5) is 0 Å². The summed E-state index contributed by atoms with van der Waals surface area (Å²) in [5, 5.41) is 0. The molecule has 0 radical (unpaired) electrons. The van der Waals surface area contributed by atoms with Crippen molar-refractivity contribution in [2.45, 2.75) is 33.0 Å². The van der Waals surface area contributed by atoms with Crippen LogP contribution in [-0.4, -0.2) is 20.0 Å². The topological polar surface area (TPSA) is 54.0 Å². The molecule has 0 heterocycles. The molecule has 0 aromatic heterocycles. The van der Waals surface area contributed by atoms with Gasteiger partial charge >= 0.3 is 0 Å². The van der Waals surface area contributed by atoms with E-state index in [2.05, 4.69) is 0 Å². The highest BCUT2D eigenvalue weighted by Gasteiger charge is 2.17. The van der Waals surface area contributed by atoms with Gasteiger partial charge in [0.05, 0.1) is 19.8 Å². The van der Waals surface area contributed by atoms with Crippen molar-refractivity contribution in [3.05, 3.63) is 119 Å². The van der Waals surface area contributed by atoms with Gasteiger partial charge in [0, 0.05) is 18.1 Å². The van der Waals surface area contributed by atoms with Crippen LogP contribution in [0.2, 0.25) is 0 Å². The van der Waals surface area contributed by atoms with Gasteiger partial charge in [-0.15, -0.1) is 0 Å². The fourth-order valence-corrected chi connectivity index (χ4v) is 4.23. The smallest absolute Gasteiger partial charge is 0.166 e. The Labute approximate surface area is 218 Å². The summed E-state index contributed by atoms with van der Waals surface area (Å²) in [4.78, 5) is 13.4. The number of ether oxygens (including phenoxy) is 4. The maximum atomic E-state index is 13.4. The Hall–Kier alpha value is -4.25. The molecule has 4 aromatic carbocycles. The molecule has 4 rings (SSSR count). The van der Waals surface area contributed by atoms with Crippen molar-refractivity contribution in [2.75, 3.05) is 14.2 Å². The molecule has 190 valence electrons. The minimum absolute atomic E-state index is 0.00630. The van der Waals surface area contributed by atoms with E-state index in [-0.39, 0.29) is 5.78 Å². The third kappa shape index (κ3) is 6.70. The number of aryl methyl sites for hydroxylation is 1. The van der Waals surface area contributed by atoms with Crippen molar-refractivity contribution in [2.24, 2.45) is 0 Å². The number of methoxy groups -OCH3 is 2. The first kappa shape index (κ1) is 25.8. The van der Waals surface area contributed by atoms with E-state index in [0.717, 1.165) is 33.8 Å². The molecule has 0 bridgehead atoms. The molecule has 4 aromatic rings. The van der Waals surface area contributed by atoms with Gasteiger partial charge < -0.3 is 18.9 Å². The molecule has 0 aliphatic rings. The van der Waals surface area contributed by atoms with E-state index in [9.17, 15) is 4.79 Å². The van der Waals surface area contributed by atoms with Crippen LogP contribution in [0.15, 0.2) is 91.0 Å². The molecule has 0 aliphatic carbocycles. The van der Waals surface area contributed by atoms with Gasteiger partial charge in [-0.05, 0) is 48.2 Å². The highest BCUT2D eigenvalue weighted by Crippen LogP contribution is 2.33. The van der Waals surface area contributed by atoms with Crippen molar-refractivity contribution < 1.29 is 23.7 Å². The number of hydrogen-bond acceptors (Lipinski definition) is 5. The Balaban J connectivity index is 1.52. The molecule has 0 atom stereocenters. The summed E-state index contributed by atoms with van der Waals surface area (Å²) >= 11 is 0. The van der Waals surface area contributed by atoms with E-state index >= 15 is 0 Å². The zero-order valence-electron chi connectivity index (χ0n) is 21.5. The van der Waals surface area contributed by atoms with Gasteiger partial charge in [0.15, 0.2) is 5.78 Å². The van der Waals surface area contributed by atoms with Gasteiger partial charge in [-0.1, -0.05) is 66.7 Å². The lowest BCUT2D eigenvalue weighted by atomic mass is 9.99. The third-order valence-electron chi connectivity index (χ3n) is 6.22. The largest absolute Gasteiger partial charge is 0.496 e. The average Bonchev–Trinajstić information content (AvgIpc) is 2.95. The number of ketones is 1. The maximum Gasteiger partial charge on any atom is 0.166 e. The highest BCUT2D eigenvalue weighted by molar-refractivity contribution is 5.99. The zero-order valence-corrected chi connectivity index (χ0v) is 21.5. The summed E-state index contributed by atoms with van der Waals surface area (Å²) in [6.07, 6.45) is 0.852. The maximum absolute atomic E-state index is 13.4. The Morgan fingerprint density at radius 3 is 1.97 bits per heavy atom. The number of Topliss-reactive ketones (excluding diaryl/α,β-unsaturated/α-hetero) is 1. The minimum atomic E-state index is -0.00630. The van der Waals surface area contributed by atoms with Crippen molar-refractivity contribution in [1.29, 1.82) is 0 Å². The molecular weight excluding hydrogens is 464 g/mol. The number of carbonyl (C=O) groups excluding carboxylic acids is 1. The van der Waals surface area contributed by atoms with E-state index in [1.54, 1.807) is 26.4 Å². The number of rotatable bonds is 12. The predicted octanol–water partition coefficient (Wildman–Crippen LogP) is 6.99. The average molecular weight is 497 g/mol. The second-order valence-corrected chi connectivity index (χ2v) is 8.71. The van der Waals surface area contributed by atoms with Crippen LogP contribution in [0.3, 0.4) is 0 Å². The Morgan fingerprint density at radius 2 is 1.35 bits per heavy atom. The van der Waals surface area contributed by atoms with Crippen LogP contribution in [0.1, 0.15) is 39.0 Å². The van der Waals surface area contributed by atoms with Crippen LogP contribution >= 0.6 is 0 Å². The molecular formula is C32H32O5. The van der Waals surface area contributed by atoms with E-state index in [1.165, 1.54) is 0 Å². The zero-order chi connectivity index (χ0) is 26.0. The van der Waals surface area contributed by atoms with Gasteiger partial charge in [0.2, 0.25) is 0 Å². The molecule has 0 saturated heterocycles. The quantitative estimate of drug-likeness (QED) is 0.198. The molecule has 0 N–H and O–H groups in total. The van der Waals surface area contributed by atoms with Gasteiger partial charge in [0.1, 0.15) is 36.2 Å². The molecule has 0 saturated carbocycles. The Morgan fingerprint density at radius 1 is 0.703 bits per heavy atom. The Bertz CT molecular complexity index is 1320. The standard InChI is InChI=1S/C32H32O5/c1-23-30(34-2)19-15-26(32(23)35-3)14-18-29(33)28-17-16-27(36-21-24-10-6-4-7-11-24)20-31(28)37-22-25-12-8-5-9-13-25/h4-13,15-17,19-20H,14,18,21-22H2,1-3H3. The molecule has 0 aliphatic heterocycles. The molecule has 5 heteroatoms. The van der Waals surface area contributed by atoms with Gasteiger partial charge in [0.25, 0.3) is 0 Å². The normalized spacial score (nSPS) is 10.6. The first-order valence-electron chi connectivity index (χ1n) is 12.3. The molecule has 0 spiro atoms. The van der Waals surface area contributed by atoms with Crippen LogP contribution in [0.5, 0.6) is 23.0 Å². The lowest BCUT2D eigenvalue weighted by Crippen LogP contribution is -2.07. The van der Waals surface area contributed by atoms with Gasteiger partial charge in [-0.3, -0.25) is 4.79 Å². The lowest BCUT2D eigenvalue weighted by molar-refractivity contribution is 0.0978. The number of hydrogen-bond donors (Lipinski definition) is 0. The number of carbonyl (C=O) groups is 1. The van der Waals surface area contributed by atoms with Crippen molar-refractivity contribution in [3.63, 3.8) is 0 Å². The summed E-state index contributed by atoms with van der Waals surface area (Å²) in [5.74, 6) is 2.66. The summed E-state index contributed by atoms with van der Waals surface area (Å²) in [5.41, 5.74) is 4.51. The van der Waals surface area contributed by atoms with Crippen LogP contribution in [0.25, 0.3) is 0 Å². The predicted molar refractivity (Wildman–Crippen MR) is 145 cm³/mol. The molecule has 0 unspecified atom stereocenters. The summed E-state index contributed by atoms with van der Waals surface area (Å²) in [6, 6.07) is 29.1. The van der Waals surface area contributed by atoms with Gasteiger partial charge in [-0.2, -0.15) is 0 Å². The van der Waals surface area contributed by atoms with E-state index in [0.29, 0.717) is 43.1 Å². The minimum Gasteiger partial charge on any atom is -0.496 e. The monoisotopic (exact) mass is 496 g/mol. The number of benzene rings is 4. The van der Waals surface area contributed by atoms with Crippen LogP contribution < -0.4 is 18.9 Å². The van der Waals surface area contributed by atoms with Gasteiger partial charge in [-0.25, -0.2) is 0 Å². The SMILES string of the molecule is COc1ccc(CCC(=O)c2ccc(OCc3ccccc3)cc2OCc2ccccc2)c(OC)c1C. The van der Waals surface area contributed by atoms with Crippen molar-refractivity contribution in [1.82, 2.24) is 0 Å². The second-order valence-electron chi connectivity index (χ2n) is 8.71. The van der Waals surface area contributed by atoms with Crippen molar-refractivity contribution in [3.8, 4) is 23.0 Å². The lowest BCUT2D eigenvalue weighted by Gasteiger charge is -2.16. The fourth-order valence-electron chi connectivity index (χ4n) is 4.23. The molecule has 0 amide bonds. The molecule has 0 fully saturated rings. The summed E-state index contributed by atoms with van der Waals surface area (Å²) in [6.45, 7) is 2.74.